The van der Waals surface area contributed by atoms with E-state index in [9.17, 15) is 13.6 Å². The number of carbonyl (C=O) groups excluding carboxylic acids is 1. The molecule has 1 aliphatic heterocycles. The van der Waals surface area contributed by atoms with Gasteiger partial charge in [-0.2, -0.15) is 0 Å². The summed E-state index contributed by atoms with van der Waals surface area (Å²) in [6.07, 6.45) is 1.99. The van der Waals surface area contributed by atoms with Crippen LogP contribution in [-0.4, -0.2) is 23.1 Å². The normalized spacial score (nSPS) is 17.9. The third-order valence-electron chi connectivity index (χ3n) is 3.70. The summed E-state index contributed by atoms with van der Waals surface area (Å²) in [7, 11) is 0. The Labute approximate surface area is 136 Å². The second-order valence-electron chi connectivity index (χ2n) is 5.13. The van der Waals surface area contributed by atoms with Gasteiger partial charge in [0.25, 0.3) is 0 Å². The minimum atomic E-state index is -0.880. The lowest BCUT2D eigenvalue weighted by Gasteiger charge is -2.23. The topological polar surface area (TPSA) is 20.3 Å². The number of likely N-dealkylation sites (tertiary alicyclic amines) is 1. The van der Waals surface area contributed by atoms with Crippen LogP contribution in [0.15, 0.2) is 40.6 Å². The molecule has 1 fully saturated rings. The van der Waals surface area contributed by atoms with Gasteiger partial charge < -0.3 is 4.90 Å². The zero-order chi connectivity index (χ0) is 15.5. The largest absolute Gasteiger partial charge is 0.334 e. The average molecular weight is 339 g/mol. The minimum Gasteiger partial charge on any atom is -0.334 e. The summed E-state index contributed by atoms with van der Waals surface area (Å²) in [4.78, 5) is 16.1. The van der Waals surface area contributed by atoms with Crippen LogP contribution >= 0.6 is 23.1 Å². The molecule has 0 aliphatic carbocycles. The van der Waals surface area contributed by atoms with Gasteiger partial charge in [-0.15, -0.1) is 23.1 Å². The van der Waals surface area contributed by atoms with Gasteiger partial charge >= 0.3 is 0 Å². The number of nitrogens with zero attached hydrogens (tertiary/aromatic N) is 1. The van der Waals surface area contributed by atoms with Crippen LogP contribution < -0.4 is 0 Å². The lowest BCUT2D eigenvalue weighted by atomic mass is 10.2. The van der Waals surface area contributed by atoms with E-state index in [1.165, 1.54) is 22.7 Å². The van der Waals surface area contributed by atoms with Crippen molar-refractivity contribution in [1.82, 2.24) is 4.90 Å². The Bertz CT molecular complexity index is 660. The highest BCUT2D eigenvalue weighted by Crippen LogP contribution is 2.35. The Morgan fingerprint density at radius 3 is 2.91 bits per heavy atom. The van der Waals surface area contributed by atoms with Crippen LogP contribution in [0.4, 0.5) is 8.78 Å². The van der Waals surface area contributed by atoms with Crippen molar-refractivity contribution in [3.63, 3.8) is 0 Å². The van der Waals surface area contributed by atoms with Crippen LogP contribution in [0.1, 0.15) is 23.8 Å². The third kappa shape index (κ3) is 3.33. The van der Waals surface area contributed by atoms with Crippen molar-refractivity contribution in [1.29, 1.82) is 0 Å². The van der Waals surface area contributed by atoms with E-state index in [1.54, 1.807) is 11.3 Å². The van der Waals surface area contributed by atoms with Crippen molar-refractivity contribution in [3.8, 4) is 0 Å². The molecule has 1 aromatic carbocycles. The maximum absolute atomic E-state index is 13.2. The molecular formula is C16H15F2NOS2. The molecule has 1 atom stereocenters. The highest BCUT2D eigenvalue weighted by atomic mass is 32.2. The highest BCUT2D eigenvalue weighted by Gasteiger charge is 2.30. The van der Waals surface area contributed by atoms with Gasteiger partial charge in [-0.3, -0.25) is 4.79 Å². The number of amides is 1. The van der Waals surface area contributed by atoms with Crippen LogP contribution in [0.2, 0.25) is 0 Å². The fraction of sp³-hybridized carbons (Fsp3) is 0.312. The number of benzene rings is 1. The first-order chi connectivity index (χ1) is 10.6. The number of halogens is 2. The van der Waals surface area contributed by atoms with E-state index in [2.05, 4.69) is 6.07 Å². The van der Waals surface area contributed by atoms with Crippen molar-refractivity contribution >= 4 is 29.0 Å². The van der Waals surface area contributed by atoms with Crippen LogP contribution in [-0.2, 0) is 4.79 Å². The molecule has 22 heavy (non-hydrogen) atoms. The number of rotatable bonds is 4. The average Bonchev–Trinajstić information content (AvgIpc) is 3.18. The molecule has 0 bridgehead atoms. The summed E-state index contributed by atoms with van der Waals surface area (Å²) in [5.41, 5.74) is 0. The summed E-state index contributed by atoms with van der Waals surface area (Å²) in [5.74, 6) is -1.46. The molecule has 2 nitrogen and oxygen atoms in total. The fourth-order valence-electron chi connectivity index (χ4n) is 2.64. The van der Waals surface area contributed by atoms with Gasteiger partial charge in [0, 0.05) is 16.3 Å². The number of carbonyl (C=O) groups is 1. The van der Waals surface area contributed by atoms with E-state index < -0.39 is 11.6 Å². The van der Waals surface area contributed by atoms with E-state index in [0.29, 0.717) is 4.90 Å². The van der Waals surface area contributed by atoms with Gasteiger partial charge in [-0.05, 0) is 42.5 Å². The Hall–Kier alpha value is -1.40. The third-order valence-corrected chi connectivity index (χ3v) is 5.65. The molecular weight excluding hydrogens is 324 g/mol. The quantitative estimate of drug-likeness (QED) is 0.766. The SMILES string of the molecule is O=C(CSc1ccc(F)c(F)c1)N1CCCC1c1cccs1. The summed E-state index contributed by atoms with van der Waals surface area (Å²) < 4.78 is 26.1. The predicted molar refractivity (Wildman–Crippen MR) is 85.1 cm³/mol. The molecule has 116 valence electrons. The van der Waals surface area contributed by atoms with E-state index in [0.717, 1.165) is 31.5 Å². The highest BCUT2D eigenvalue weighted by molar-refractivity contribution is 8.00. The summed E-state index contributed by atoms with van der Waals surface area (Å²) in [6, 6.07) is 7.94. The Morgan fingerprint density at radius 2 is 2.18 bits per heavy atom. The molecule has 6 heteroatoms. The monoisotopic (exact) mass is 339 g/mol. The number of thiophene rings is 1. The zero-order valence-corrected chi connectivity index (χ0v) is 13.4. The predicted octanol–water partition coefficient (Wildman–Crippen LogP) is 4.48. The van der Waals surface area contributed by atoms with E-state index >= 15 is 0 Å². The molecule has 0 radical (unpaired) electrons. The lowest BCUT2D eigenvalue weighted by Crippen LogP contribution is -2.31. The van der Waals surface area contributed by atoms with Crippen LogP contribution in [0.3, 0.4) is 0 Å². The molecule has 1 aliphatic rings. The van der Waals surface area contributed by atoms with Gasteiger partial charge in [0.05, 0.1) is 11.8 Å². The smallest absolute Gasteiger partial charge is 0.233 e. The van der Waals surface area contributed by atoms with E-state index in [-0.39, 0.29) is 17.7 Å². The number of thioether (sulfide) groups is 1. The van der Waals surface area contributed by atoms with Crippen molar-refractivity contribution in [2.24, 2.45) is 0 Å². The van der Waals surface area contributed by atoms with Gasteiger partial charge in [0.1, 0.15) is 0 Å². The molecule has 0 spiro atoms. The molecule has 2 aromatic rings. The lowest BCUT2D eigenvalue weighted by molar-refractivity contribution is -0.129. The van der Waals surface area contributed by atoms with E-state index in [4.69, 9.17) is 0 Å². The van der Waals surface area contributed by atoms with Gasteiger partial charge in [0.2, 0.25) is 5.91 Å². The van der Waals surface area contributed by atoms with Crippen molar-refractivity contribution in [2.45, 2.75) is 23.8 Å². The molecule has 1 aromatic heterocycles. The minimum absolute atomic E-state index is 0.0469. The van der Waals surface area contributed by atoms with Crippen molar-refractivity contribution in [3.05, 3.63) is 52.2 Å². The molecule has 0 N–H and O–H groups in total. The number of hydrogen-bond donors (Lipinski definition) is 0. The van der Waals surface area contributed by atoms with Gasteiger partial charge in [-0.1, -0.05) is 6.07 Å². The maximum Gasteiger partial charge on any atom is 0.233 e. The van der Waals surface area contributed by atoms with Gasteiger partial charge in [0.15, 0.2) is 11.6 Å². The molecule has 3 rings (SSSR count). The second kappa shape index (κ2) is 6.79. The first-order valence-corrected chi connectivity index (χ1v) is 8.92. The van der Waals surface area contributed by atoms with E-state index in [1.807, 2.05) is 16.3 Å². The van der Waals surface area contributed by atoms with Crippen molar-refractivity contribution < 1.29 is 13.6 Å². The summed E-state index contributed by atoms with van der Waals surface area (Å²) in [5, 5.41) is 2.02. The Balaban J connectivity index is 1.62. The first-order valence-electron chi connectivity index (χ1n) is 7.06. The first kappa shape index (κ1) is 15.5. The molecule has 0 saturated carbocycles. The maximum atomic E-state index is 13.2. The Kier molecular flexibility index (Phi) is 4.78. The van der Waals surface area contributed by atoms with Gasteiger partial charge in [-0.25, -0.2) is 8.78 Å². The molecule has 2 heterocycles. The molecule has 1 unspecified atom stereocenters. The molecule has 1 saturated heterocycles. The van der Waals surface area contributed by atoms with Crippen LogP contribution in [0.25, 0.3) is 0 Å². The summed E-state index contributed by atoms with van der Waals surface area (Å²) >= 11 is 2.91. The summed E-state index contributed by atoms with van der Waals surface area (Å²) in [6.45, 7) is 0.764. The standard InChI is InChI=1S/C16H15F2NOS2/c17-12-6-5-11(9-13(12)18)22-10-16(20)19-7-1-3-14(19)15-4-2-8-21-15/h2,4-6,8-9,14H,1,3,7,10H2. The number of hydrogen-bond acceptors (Lipinski definition) is 3. The van der Waals surface area contributed by atoms with Crippen LogP contribution in [0, 0.1) is 11.6 Å². The Morgan fingerprint density at radius 1 is 1.32 bits per heavy atom. The fourth-order valence-corrected chi connectivity index (χ4v) is 4.32. The van der Waals surface area contributed by atoms with Crippen molar-refractivity contribution in [2.75, 3.05) is 12.3 Å². The zero-order valence-electron chi connectivity index (χ0n) is 11.8. The second-order valence-corrected chi connectivity index (χ2v) is 7.15. The molecule has 1 amide bonds. The van der Waals surface area contributed by atoms with Crippen LogP contribution in [0.5, 0.6) is 0 Å².